The van der Waals surface area contributed by atoms with Gasteiger partial charge in [0.1, 0.15) is 0 Å². The van der Waals surface area contributed by atoms with E-state index >= 15 is 0 Å². The molecule has 1 heterocycles. The maximum absolute atomic E-state index is 10.8. The average Bonchev–Trinajstić information content (AvgIpc) is 2.95. The lowest BCUT2D eigenvalue weighted by molar-refractivity contribution is -0.132. The van der Waals surface area contributed by atoms with Crippen molar-refractivity contribution in [3.63, 3.8) is 0 Å². The SMILES string of the molecule is CC(=Cc1ccc(-c2ccc3[nH]ccc3c2)cc1)C(=O)O. The van der Waals surface area contributed by atoms with Crippen molar-refractivity contribution < 1.29 is 9.90 Å². The van der Waals surface area contributed by atoms with Crippen LogP contribution in [0.25, 0.3) is 28.1 Å². The summed E-state index contributed by atoms with van der Waals surface area (Å²) in [7, 11) is 0. The van der Waals surface area contributed by atoms with Gasteiger partial charge in [-0.05, 0) is 53.3 Å². The van der Waals surface area contributed by atoms with Crippen molar-refractivity contribution in [3.05, 3.63) is 65.9 Å². The normalized spacial score (nSPS) is 11.8. The summed E-state index contributed by atoms with van der Waals surface area (Å²) in [4.78, 5) is 14.0. The van der Waals surface area contributed by atoms with E-state index in [0.29, 0.717) is 5.57 Å². The summed E-state index contributed by atoms with van der Waals surface area (Å²) < 4.78 is 0. The lowest BCUT2D eigenvalue weighted by atomic mass is 10.0. The van der Waals surface area contributed by atoms with Crippen molar-refractivity contribution in [1.82, 2.24) is 4.98 Å². The van der Waals surface area contributed by atoms with Gasteiger partial charge in [0.05, 0.1) is 0 Å². The highest BCUT2D eigenvalue weighted by Gasteiger charge is 2.02. The Kier molecular flexibility index (Phi) is 3.32. The first kappa shape index (κ1) is 13.2. The van der Waals surface area contributed by atoms with Crippen molar-refractivity contribution in [1.29, 1.82) is 0 Å². The van der Waals surface area contributed by atoms with Gasteiger partial charge in [-0.3, -0.25) is 0 Å². The minimum Gasteiger partial charge on any atom is -0.478 e. The molecule has 0 aliphatic rings. The van der Waals surface area contributed by atoms with Crippen molar-refractivity contribution in [2.45, 2.75) is 6.92 Å². The number of carbonyl (C=O) groups is 1. The average molecular weight is 277 g/mol. The zero-order chi connectivity index (χ0) is 14.8. The topological polar surface area (TPSA) is 53.1 Å². The summed E-state index contributed by atoms with van der Waals surface area (Å²) in [6.45, 7) is 1.59. The number of carboxylic acids is 1. The van der Waals surface area contributed by atoms with E-state index in [4.69, 9.17) is 5.11 Å². The van der Waals surface area contributed by atoms with E-state index in [1.165, 1.54) is 5.39 Å². The number of aromatic nitrogens is 1. The van der Waals surface area contributed by atoms with Gasteiger partial charge in [-0.25, -0.2) is 4.79 Å². The van der Waals surface area contributed by atoms with Crippen molar-refractivity contribution >= 4 is 22.9 Å². The van der Waals surface area contributed by atoms with Crippen molar-refractivity contribution in [2.75, 3.05) is 0 Å². The molecule has 3 rings (SSSR count). The third-order valence-corrected chi connectivity index (χ3v) is 3.52. The van der Waals surface area contributed by atoms with Gasteiger partial charge >= 0.3 is 5.97 Å². The Labute approximate surface area is 122 Å². The standard InChI is InChI=1S/C18H15NO2/c1-12(18(20)21)10-13-2-4-14(5-3-13)15-6-7-17-16(11-15)8-9-19-17/h2-11,19H,1H3,(H,20,21). The number of aliphatic carboxylic acids is 1. The fourth-order valence-electron chi connectivity index (χ4n) is 2.32. The van der Waals surface area contributed by atoms with Gasteiger partial charge in [0.25, 0.3) is 0 Å². The van der Waals surface area contributed by atoms with Crippen LogP contribution in [-0.2, 0) is 4.79 Å². The molecule has 3 nitrogen and oxygen atoms in total. The Bertz CT molecular complexity index is 826. The monoisotopic (exact) mass is 277 g/mol. The minimum absolute atomic E-state index is 0.330. The van der Waals surface area contributed by atoms with Crippen LogP contribution in [0, 0.1) is 0 Å². The Morgan fingerprint density at radius 1 is 1.05 bits per heavy atom. The summed E-state index contributed by atoms with van der Waals surface area (Å²) in [5.74, 6) is -0.892. The van der Waals surface area contributed by atoms with E-state index in [2.05, 4.69) is 23.2 Å². The molecule has 1 aromatic heterocycles. The summed E-state index contributed by atoms with van der Waals surface area (Å²) in [5, 5.41) is 10.1. The molecule has 0 radical (unpaired) electrons. The molecule has 0 aliphatic heterocycles. The summed E-state index contributed by atoms with van der Waals surface area (Å²) in [6, 6.07) is 16.2. The van der Waals surface area contributed by atoms with Gasteiger partial charge in [0.15, 0.2) is 0 Å². The van der Waals surface area contributed by atoms with E-state index in [1.807, 2.05) is 36.5 Å². The Morgan fingerprint density at radius 3 is 2.48 bits per heavy atom. The fraction of sp³-hybridized carbons (Fsp3) is 0.0556. The first-order valence-corrected chi connectivity index (χ1v) is 6.73. The zero-order valence-corrected chi connectivity index (χ0v) is 11.6. The lowest BCUT2D eigenvalue weighted by Crippen LogP contribution is -1.95. The highest BCUT2D eigenvalue weighted by Crippen LogP contribution is 2.24. The van der Waals surface area contributed by atoms with E-state index in [9.17, 15) is 4.79 Å². The molecule has 0 unspecified atom stereocenters. The number of nitrogens with one attached hydrogen (secondary N) is 1. The van der Waals surface area contributed by atoms with Gasteiger partial charge < -0.3 is 10.1 Å². The predicted molar refractivity (Wildman–Crippen MR) is 85.0 cm³/mol. The van der Waals surface area contributed by atoms with Crippen LogP contribution in [0.1, 0.15) is 12.5 Å². The van der Waals surface area contributed by atoms with Crippen LogP contribution >= 0.6 is 0 Å². The molecule has 0 fully saturated rings. The molecule has 2 N–H and O–H groups in total. The Morgan fingerprint density at radius 2 is 1.76 bits per heavy atom. The quantitative estimate of drug-likeness (QED) is 0.700. The first-order chi connectivity index (χ1) is 10.1. The molecule has 0 aliphatic carbocycles. The highest BCUT2D eigenvalue weighted by molar-refractivity contribution is 5.91. The van der Waals surface area contributed by atoms with E-state index in [1.54, 1.807) is 13.0 Å². The fourth-order valence-corrected chi connectivity index (χ4v) is 2.32. The maximum Gasteiger partial charge on any atom is 0.331 e. The molecule has 104 valence electrons. The molecule has 3 aromatic rings. The number of H-pyrrole nitrogens is 1. The van der Waals surface area contributed by atoms with Crippen LogP contribution in [0.4, 0.5) is 0 Å². The second kappa shape index (κ2) is 5.29. The summed E-state index contributed by atoms with van der Waals surface area (Å²) >= 11 is 0. The third kappa shape index (κ3) is 2.72. The van der Waals surface area contributed by atoms with Gasteiger partial charge in [-0.15, -0.1) is 0 Å². The van der Waals surface area contributed by atoms with E-state index < -0.39 is 5.97 Å². The Hall–Kier alpha value is -2.81. The summed E-state index contributed by atoms with van der Waals surface area (Å²) in [5.41, 5.74) is 4.60. The van der Waals surface area contributed by atoms with Crippen LogP contribution < -0.4 is 0 Å². The molecule has 0 atom stereocenters. The van der Waals surface area contributed by atoms with Crippen LogP contribution in [0.2, 0.25) is 0 Å². The van der Waals surface area contributed by atoms with Crippen LogP contribution in [0.5, 0.6) is 0 Å². The molecule has 0 bridgehead atoms. The van der Waals surface area contributed by atoms with Crippen molar-refractivity contribution in [2.24, 2.45) is 0 Å². The minimum atomic E-state index is -0.892. The third-order valence-electron chi connectivity index (χ3n) is 3.52. The molecule has 0 spiro atoms. The van der Waals surface area contributed by atoms with Crippen LogP contribution in [0.15, 0.2) is 60.3 Å². The second-order valence-corrected chi connectivity index (χ2v) is 5.03. The maximum atomic E-state index is 10.8. The number of benzene rings is 2. The molecular formula is C18H15NO2. The van der Waals surface area contributed by atoms with Crippen molar-refractivity contribution in [3.8, 4) is 11.1 Å². The number of fused-ring (bicyclic) bond motifs is 1. The molecule has 2 aromatic carbocycles. The van der Waals surface area contributed by atoms with Gasteiger partial charge in [-0.1, -0.05) is 30.3 Å². The second-order valence-electron chi connectivity index (χ2n) is 5.03. The van der Waals surface area contributed by atoms with Gasteiger partial charge in [0.2, 0.25) is 0 Å². The highest BCUT2D eigenvalue weighted by atomic mass is 16.4. The van der Waals surface area contributed by atoms with Gasteiger partial charge in [0, 0.05) is 17.3 Å². The molecular weight excluding hydrogens is 262 g/mol. The number of hydrogen-bond acceptors (Lipinski definition) is 1. The van der Waals surface area contributed by atoms with E-state index in [-0.39, 0.29) is 0 Å². The number of carboxylic acid groups (broad SMARTS) is 1. The van der Waals surface area contributed by atoms with Gasteiger partial charge in [-0.2, -0.15) is 0 Å². The van der Waals surface area contributed by atoms with Crippen LogP contribution in [-0.4, -0.2) is 16.1 Å². The molecule has 0 amide bonds. The largest absolute Gasteiger partial charge is 0.478 e. The molecule has 0 saturated heterocycles. The first-order valence-electron chi connectivity index (χ1n) is 6.73. The van der Waals surface area contributed by atoms with E-state index in [0.717, 1.165) is 22.2 Å². The predicted octanol–water partition coefficient (Wildman–Crippen LogP) is 4.32. The summed E-state index contributed by atoms with van der Waals surface area (Å²) in [6.07, 6.45) is 3.60. The lowest BCUT2D eigenvalue weighted by Gasteiger charge is -2.03. The molecule has 21 heavy (non-hydrogen) atoms. The number of hydrogen-bond donors (Lipinski definition) is 2. The number of aromatic amines is 1. The zero-order valence-electron chi connectivity index (χ0n) is 11.6. The number of rotatable bonds is 3. The molecule has 0 saturated carbocycles. The van der Waals surface area contributed by atoms with Crippen LogP contribution in [0.3, 0.4) is 0 Å². The molecule has 3 heteroatoms. The Balaban J connectivity index is 1.93. The smallest absolute Gasteiger partial charge is 0.331 e.